The van der Waals surface area contributed by atoms with Crippen LogP contribution in [0.25, 0.3) is 0 Å². The molecule has 15 heavy (non-hydrogen) atoms. The maximum atomic E-state index is 9.04. The molecule has 4 heteroatoms. The van der Waals surface area contributed by atoms with Crippen molar-refractivity contribution in [2.24, 2.45) is 0 Å². The van der Waals surface area contributed by atoms with Gasteiger partial charge in [0.05, 0.1) is 6.61 Å². The Bertz CT molecular complexity index is 319. The predicted molar refractivity (Wildman–Crippen MR) is 69.3 cm³/mol. The summed E-state index contributed by atoms with van der Waals surface area (Å²) < 4.78 is 1.08. The maximum absolute atomic E-state index is 9.04. The zero-order valence-corrected chi connectivity index (χ0v) is 11.4. The molecular weight excluding hydrogens is 274 g/mol. The van der Waals surface area contributed by atoms with Crippen molar-refractivity contribution in [3.8, 4) is 0 Å². The van der Waals surface area contributed by atoms with Gasteiger partial charge in [-0.1, -0.05) is 28.9 Å². The topological polar surface area (TPSA) is 32.3 Å². The minimum Gasteiger partial charge on any atom is -0.395 e. The van der Waals surface area contributed by atoms with E-state index in [0.29, 0.717) is 0 Å². The van der Waals surface area contributed by atoms with E-state index in [1.165, 1.54) is 10.5 Å². The molecule has 0 aliphatic heterocycles. The number of thioether (sulfide) groups is 1. The van der Waals surface area contributed by atoms with Crippen molar-refractivity contribution in [3.05, 3.63) is 28.2 Å². The van der Waals surface area contributed by atoms with Crippen LogP contribution in [0.1, 0.15) is 12.5 Å². The molecule has 2 nitrogen and oxygen atoms in total. The quantitative estimate of drug-likeness (QED) is 0.818. The van der Waals surface area contributed by atoms with Gasteiger partial charge in [-0.15, -0.1) is 11.8 Å². The zero-order valence-electron chi connectivity index (χ0n) is 8.96. The molecule has 0 amide bonds. The molecule has 0 aromatic heterocycles. The molecule has 84 valence electrons. The van der Waals surface area contributed by atoms with Crippen LogP contribution < -0.4 is 5.32 Å². The second kappa shape index (κ2) is 6.53. The molecule has 0 fully saturated rings. The Morgan fingerprint density at radius 3 is 2.87 bits per heavy atom. The van der Waals surface area contributed by atoms with Gasteiger partial charge < -0.3 is 10.4 Å². The summed E-state index contributed by atoms with van der Waals surface area (Å²) in [5, 5.41) is 12.4. The number of halogens is 1. The lowest BCUT2D eigenvalue weighted by atomic mass is 10.2. The number of nitrogens with one attached hydrogen (secondary N) is 1. The first-order valence-corrected chi connectivity index (χ1v) is 6.55. The van der Waals surface area contributed by atoms with Crippen LogP contribution in [-0.4, -0.2) is 24.0 Å². The van der Waals surface area contributed by atoms with Gasteiger partial charge in [0, 0.05) is 21.2 Å². The molecule has 0 aliphatic carbocycles. The average molecular weight is 290 g/mol. The molecule has 0 saturated heterocycles. The van der Waals surface area contributed by atoms with Gasteiger partial charge >= 0.3 is 0 Å². The van der Waals surface area contributed by atoms with Gasteiger partial charge in [-0.05, 0) is 24.7 Å². The molecule has 0 spiro atoms. The fourth-order valence-corrected chi connectivity index (χ4v) is 2.74. The van der Waals surface area contributed by atoms with Gasteiger partial charge in [0.1, 0.15) is 0 Å². The molecule has 0 aliphatic rings. The van der Waals surface area contributed by atoms with E-state index >= 15 is 0 Å². The first-order valence-electron chi connectivity index (χ1n) is 4.88. The zero-order chi connectivity index (χ0) is 11.3. The third kappa shape index (κ3) is 4.15. The van der Waals surface area contributed by atoms with Crippen LogP contribution in [0.2, 0.25) is 0 Å². The number of benzene rings is 1. The minimum atomic E-state index is 0.205. The van der Waals surface area contributed by atoms with Crippen LogP contribution in [0.15, 0.2) is 27.6 Å². The van der Waals surface area contributed by atoms with Crippen molar-refractivity contribution in [3.63, 3.8) is 0 Å². The van der Waals surface area contributed by atoms with Gasteiger partial charge in [0.25, 0.3) is 0 Å². The first kappa shape index (κ1) is 13.0. The minimum absolute atomic E-state index is 0.205. The molecule has 1 aromatic carbocycles. The van der Waals surface area contributed by atoms with Crippen LogP contribution in [-0.2, 0) is 6.54 Å². The summed E-state index contributed by atoms with van der Waals surface area (Å²) >= 11 is 5.17. The summed E-state index contributed by atoms with van der Waals surface area (Å²) in [6, 6.07) is 6.25. The third-order valence-corrected chi connectivity index (χ3v) is 3.66. The molecule has 1 rings (SSSR count). The van der Waals surface area contributed by atoms with E-state index < -0.39 is 0 Å². The molecule has 0 saturated carbocycles. The first-order chi connectivity index (χ1) is 7.17. The van der Waals surface area contributed by atoms with Gasteiger partial charge in [-0.25, -0.2) is 0 Å². The summed E-state index contributed by atoms with van der Waals surface area (Å²) in [7, 11) is 1.94. The van der Waals surface area contributed by atoms with E-state index in [2.05, 4.69) is 33.4 Å². The Labute approximate surface area is 104 Å². The highest BCUT2D eigenvalue weighted by atomic mass is 79.9. The number of hydrogen-bond acceptors (Lipinski definition) is 3. The Balaban J connectivity index is 2.86. The molecular formula is C11H16BrNOS. The highest BCUT2D eigenvalue weighted by Crippen LogP contribution is 2.29. The Kier molecular flexibility index (Phi) is 5.68. The van der Waals surface area contributed by atoms with Gasteiger partial charge in [0.15, 0.2) is 0 Å². The van der Waals surface area contributed by atoms with Gasteiger partial charge in [-0.2, -0.15) is 0 Å². The summed E-state index contributed by atoms with van der Waals surface area (Å²) in [5.74, 6) is 0. The van der Waals surface area contributed by atoms with E-state index in [9.17, 15) is 0 Å². The standard InChI is InChI=1S/C11H16BrNOS/c1-8(7-14)15-11-5-10(12)4-3-9(11)6-13-2/h3-5,8,13-14H,6-7H2,1-2H3. The highest BCUT2D eigenvalue weighted by molar-refractivity contribution is 9.10. The van der Waals surface area contributed by atoms with E-state index in [0.717, 1.165) is 11.0 Å². The lowest BCUT2D eigenvalue weighted by Crippen LogP contribution is -2.08. The van der Waals surface area contributed by atoms with Crippen LogP contribution in [0, 0.1) is 0 Å². The molecule has 1 atom stereocenters. The van der Waals surface area contributed by atoms with Gasteiger partial charge in [-0.3, -0.25) is 0 Å². The molecule has 2 N–H and O–H groups in total. The number of hydrogen-bond donors (Lipinski definition) is 2. The van der Waals surface area contributed by atoms with E-state index in [4.69, 9.17) is 5.11 Å². The average Bonchev–Trinajstić information content (AvgIpc) is 2.22. The normalized spacial score (nSPS) is 12.8. The third-order valence-electron chi connectivity index (χ3n) is 1.98. The smallest absolute Gasteiger partial charge is 0.0550 e. The Morgan fingerprint density at radius 1 is 1.53 bits per heavy atom. The fraction of sp³-hybridized carbons (Fsp3) is 0.455. The lowest BCUT2D eigenvalue weighted by molar-refractivity contribution is 0.300. The SMILES string of the molecule is CNCc1ccc(Br)cc1SC(C)CO. The molecule has 1 aromatic rings. The summed E-state index contributed by atoms with van der Waals surface area (Å²) in [5.41, 5.74) is 1.27. The molecule has 0 heterocycles. The molecule has 1 unspecified atom stereocenters. The van der Waals surface area contributed by atoms with Crippen molar-refractivity contribution >= 4 is 27.7 Å². The molecule has 0 bridgehead atoms. The monoisotopic (exact) mass is 289 g/mol. The Hall–Kier alpha value is -0.0300. The second-order valence-electron chi connectivity index (χ2n) is 3.39. The fourth-order valence-electron chi connectivity index (χ4n) is 1.23. The second-order valence-corrected chi connectivity index (χ2v) is 5.79. The van der Waals surface area contributed by atoms with E-state index in [1.54, 1.807) is 11.8 Å². The number of aliphatic hydroxyl groups is 1. The summed E-state index contributed by atoms with van der Waals surface area (Å²) in [6.45, 7) is 3.08. The lowest BCUT2D eigenvalue weighted by Gasteiger charge is -2.12. The van der Waals surface area contributed by atoms with Crippen molar-refractivity contribution in [2.45, 2.75) is 23.6 Å². The number of rotatable bonds is 5. The Morgan fingerprint density at radius 2 is 2.27 bits per heavy atom. The van der Waals surface area contributed by atoms with Gasteiger partial charge in [0.2, 0.25) is 0 Å². The summed E-state index contributed by atoms with van der Waals surface area (Å²) in [6.07, 6.45) is 0. The van der Waals surface area contributed by atoms with E-state index in [1.807, 2.05) is 20.0 Å². The maximum Gasteiger partial charge on any atom is 0.0550 e. The summed E-state index contributed by atoms with van der Waals surface area (Å²) in [4.78, 5) is 1.22. The number of aliphatic hydroxyl groups excluding tert-OH is 1. The largest absolute Gasteiger partial charge is 0.395 e. The van der Waals surface area contributed by atoms with E-state index in [-0.39, 0.29) is 11.9 Å². The van der Waals surface area contributed by atoms with Crippen molar-refractivity contribution < 1.29 is 5.11 Å². The highest BCUT2D eigenvalue weighted by Gasteiger charge is 2.07. The van der Waals surface area contributed by atoms with Crippen molar-refractivity contribution in [1.29, 1.82) is 0 Å². The van der Waals surface area contributed by atoms with Crippen molar-refractivity contribution in [2.75, 3.05) is 13.7 Å². The molecule has 0 radical (unpaired) electrons. The van der Waals surface area contributed by atoms with Crippen LogP contribution in [0.4, 0.5) is 0 Å². The van der Waals surface area contributed by atoms with Crippen LogP contribution in [0.3, 0.4) is 0 Å². The predicted octanol–water partition coefficient (Wildman–Crippen LogP) is 2.64. The van der Waals surface area contributed by atoms with Crippen LogP contribution in [0.5, 0.6) is 0 Å². The van der Waals surface area contributed by atoms with Crippen molar-refractivity contribution in [1.82, 2.24) is 5.32 Å². The van der Waals surface area contributed by atoms with Crippen LogP contribution >= 0.6 is 27.7 Å².